The molecule has 0 amide bonds. The Kier molecular flexibility index (Phi) is 6.56. The minimum absolute atomic E-state index is 0.615. The van der Waals surface area contributed by atoms with Gasteiger partial charge in [-0.05, 0) is 43.4 Å². The Morgan fingerprint density at radius 2 is 1.83 bits per heavy atom. The van der Waals surface area contributed by atoms with Gasteiger partial charge < -0.3 is 14.5 Å². The van der Waals surface area contributed by atoms with Crippen LogP contribution < -0.4 is 9.64 Å². The highest BCUT2D eigenvalue weighted by molar-refractivity contribution is 5.74. The van der Waals surface area contributed by atoms with Crippen molar-refractivity contribution in [3.63, 3.8) is 0 Å². The Bertz CT molecular complexity index is 587. The van der Waals surface area contributed by atoms with Gasteiger partial charge >= 0.3 is 0 Å². The lowest BCUT2D eigenvalue weighted by molar-refractivity contribution is 0.112. The summed E-state index contributed by atoms with van der Waals surface area (Å²) in [5.74, 6) is 1.77. The smallest absolute Gasteiger partial charge is 0.150 e. The summed E-state index contributed by atoms with van der Waals surface area (Å²) in [5.41, 5.74) is 0.659. The molecule has 0 bridgehead atoms. The molecular formula is C18H23N3O2. The van der Waals surface area contributed by atoms with E-state index in [1.165, 1.54) is 0 Å². The minimum Gasteiger partial charge on any atom is -0.492 e. The molecule has 1 heterocycles. The van der Waals surface area contributed by atoms with Crippen molar-refractivity contribution in [2.24, 2.45) is 0 Å². The Morgan fingerprint density at radius 1 is 1.04 bits per heavy atom. The zero-order valence-electron chi connectivity index (χ0n) is 13.7. The first kappa shape index (κ1) is 17.0. The number of pyridine rings is 1. The van der Waals surface area contributed by atoms with Gasteiger partial charge in [-0.2, -0.15) is 0 Å². The fraction of sp³-hybridized carbons (Fsp3) is 0.333. The summed E-state index contributed by atoms with van der Waals surface area (Å²) in [4.78, 5) is 19.3. The number of likely N-dealkylation sites (N-methyl/N-ethyl adjacent to an activating group) is 2. The van der Waals surface area contributed by atoms with Crippen LogP contribution in [0.15, 0.2) is 48.7 Å². The van der Waals surface area contributed by atoms with E-state index in [1.807, 2.05) is 37.4 Å². The average Bonchev–Trinajstić information content (AvgIpc) is 2.61. The molecule has 0 fully saturated rings. The fourth-order valence-electron chi connectivity index (χ4n) is 2.09. The number of hydrogen-bond acceptors (Lipinski definition) is 5. The van der Waals surface area contributed by atoms with E-state index in [2.05, 4.69) is 21.8 Å². The van der Waals surface area contributed by atoms with Crippen LogP contribution in [-0.4, -0.2) is 56.5 Å². The molecule has 0 radical (unpaired) electrons. The number of ether oxygens (including phenoxy) is 1. The Hall–Kier alpha value is -2.40. The topological polar surface area (TPSA) is 45.7 Å². The second-order valence-corrected chi connectivity index (χ2v) is 5.45. The average molecular weight is 313 g/mol. The van der Waals surface area contributed by atoms with Gasteiger partial charge in [-0.15, -0.1) is 0 Å². The maximum atomic E-state index is 10.6. The van der Waals surface area contributed by atoms with E-state index in [4.69, 9.17) is 4.74 Å². The second-order valence-electron chi connectivity index (χ2n) is 5.45. The summed E-state index contributed by atoms with van der Waals surface area (Å²) < 4.78 is 5.68. The number of aromatic nitrogens is 1. The quantitative estimate of drug-likeness (QED) is 0.665. The molecule has 122 valence electrons. The zero-order chi connectivity index (χ0) is 16.5. The van der Waals surface area contributed by atoms with Gasteiger partial charge in [0, 0.05) is 38.4 Å². The van der Waals surface area contributed by atoms with Crippen LogP contribution in [0, 0.1) is 0 Å². The molecule has 0 aliphatic carbocycles. The number of carbonyl (C=O) groups excluding carboxylic acids is 1. The van der Waals surface area contributed by atoms with Gasteiger partial charge in [0.05, 0.1) is 0 Å². The predicted octanol–water partition coefficient (Wildman–Crippen LogP) is 2.34. The van der Waals surface area contributed by atoms with Gasteiger partial charge in [0.1, 0.15) is 24.5 Å². The summed E-state index contributed by atoms with van der Waals surface area (Å²) >= 11 is 0. The zero-order valence-corrected chi connectivity index (χ0v) is 13.7. The molecule has 0 aliphatic rings. The van der Waals surface area contributed by atoms with Crippen LogP contribution in [0.5, 0.6) is 5.75 Å². The Morgan fingerprint density at radius 3 is 2.48 bits per heavy atom. The Balaban J connectivity index is 1.66. The number of nitrogens with zero attached hydrogens (tertiary/aromatic N) is 3. The van der Waals surface area contributed by atoms with E-state index in [0.717, 1.165) is 37.5 Å². The van der Waals surface area contributed by atoms with E-state index in [-0.39, 0.29) is 0 Å². The highest BCUT2D eigenvalue weighted by Crippen LogP contribution is 2.11. The van der Waals surface area contributed by atoms with Gasteiger partial charge in [-0.25, -0.2) is 4.98 Å². The third-order valence-electron chi connectivity index (χ3n) is 3.62. The van der Waals surface area contributed by atoms with Gasteiger partial charge in [0.15, 0.2) is 0 Å². The number of aldehydes is 1. The van der Waals surface area contributed by atoms with E-state index in [9.17, 15) is 4.79 Å². The normalized spacial score (nSPS) is 10.6. The second kappa shape index (κ2) is 8.90. The number of rotatable bonds is 9. The monoisotopic (exact) mass is 313 g/mol. The molecule has 1 aromatic carbocycles. The number of benzene rings is 1. The summed E-state index contributed by atoms with van der Waals surface area (Å²) in [5, 5.41) is 0. The van der Waals surface area contributed by atoms with Crippen molar-refractivity contribution in [3.8, 4) is 5.75 Å². The molecule has 0 saturated carbocycles. The molecule has 0 N–H and O–H groups in total. The molecule has 0 saturated heterocycles. The summed E-state index contributed by atoms with van der Waals surface area (Å²) in [6.45, 7) is 3.29. The SMILES string of the molecule is CN(CCOc1ccc(C=O)cc1)CCN(C)c1ccccn1. The van der Waals surface area contributed by atoms with Crippen LogP contribution in [0.25, 0.3) is 0 Å². The molecular weight excluding hydrogens is 290 g/mol. The van der Waals surface area contributed by atoms with Crippen molar-refractivity contribution in [2.45, 2.75) is 0 Å². The summed E-state index contributed by atoms with van der Waals surface area (Å²) in [6.07, 6.45) is 2.63. The molecule has 0 atom stereocenters. The van der Waals surface area contributed by atoms with E-state index < -0.39 is 0 Å². The van der Waals surface area contributed by atoms with Crippen LogP contribution in [0.3, 0.4) is 0 Å². The maximum Gasteiger partial charge on any atom is 0.150 e. The first-order chi connectivity index (χ1) is 11.2. The number of hydrogen-bond donors (Lipinski definition) is 0. The van der Waals surface area contributed by atoms with Gasteiger partial charge in [-0.1, -0.05) is 6.07 Å². The van der Waals surface area contributed by atoms with Crippen LogP contribution >= 0.6 is 0 Å². The summed E-state index contributed by atoms with van der Waals surface area (Å²) in [7, 11) is 4.12. The van der Waals surface area contributed by atoms with Crippen molar-refractivity contribution < 1.29 is 9.53 Å². The number of anilines is 1. The van der Waals surface area contributed by atoms with Crippen LogP contribution in [0.1, 0.15) is 10.4 Å². The largest absolute Gasteiger partial charge is 0.492 e. The lowest BCUT2D eigenvalue weighted by atomic mass is 10.2. The lowest BCUT2D eigenvalue weighted by Crippen LogP contribution is -2.33. The van der Waals surface area contributed by atoms with Crippen LogP contribution in [-0.2, 0) is 0 Å². The predicted molar refractivity (Wildman–Crippen MR) is 92.3 cm³/mol. The standard InChI is InChI=1S/C18H23N3O2/c1-20(11-12-21(2)18-5-3-4-10-19-18)13-14-23-17-8-6-16(15-22)7-9-17/h3-10,15H,11-14H2,1-2H3. The molecule has 5 nitrogen and oxygen atoms in total. The third kappa shape index (κ3) is 5.71. The van der Waals surface area contributed by atoms with Crippen molar-refractivity contribution in [2.75, 3.05) is 45.2 Å². The van der Waals surface area contributed by atoms with Crippen molar-refractivity contribution in [1.29, 1.82) is 0 Å². The maximum absolute atomic E-state index is 10.6. The molecule has 23 heavy (non-hydrogen) atoms. The molecule has 2 aromatic rings. The highest BCUT2D eigenvalue weighted by atomic mass is 16.5. The van der Waals surface area contributed by atoms with Gasteiger partial charge in [0.25, 0.3) is 0 Å². The Labute approximate surface area is 137 Å². The molecule has 5 heteroatoms. The molecule has 1 aromatic heterocycles. The van der Waals surface area contributed by atoms with Crippen molar-refractivity contribution in [3.05, 3.63) is 54.2 Å². The molecule has 0 aliphatic heterocycles. The lowest BCUT2D eigenvalue weighted by Gasteiger charge is -2.22. The molecule has 2 rings (SSSR count). The van der Waals surface area contributed by atoms with Crippen molar-refractivity contribution >= 4 is 12.1 Å². The van der Waals surface area contributed by atoms with Crippen molar-refractivity contribution in [1.82, 2.24) is 9.88 Å². The van der Waals surface area contributed by atoms with E-state index in [0.29, 0.717) is 12.2 Å². The van der Waals surface area contributed by atoms with Gasteiger partial charge in [0.2, 0.25) is 0 Å². The molecule has 0 spiro atoms. The third-order valence-corrected chi connectivity index (χ3v) is 3.62. The molecule has 0 unspecified atom stereocenters. The van der Waals surface area contributed by atoms with E-state index in [1.54, 1.807) is 18.3 Å². The van der Waals surface area contributed by atoms with E-state index >= 15 is 0 Å². The first-order valence-electron chi connectivity index (χ1n) is 7.68. The van der Waals surface area contributed by atoms with Gasteiger partial charge in [-0.3, -0.25) is 4.79 Å². The fourth-order valence-corrected chi connectivity index (χ4v) is 2.09. The van der Waals surface area contributed by atoms with Crippen LogP contribution in [0.4, 0.5) is 5.82 Å². The van der Waals surface area contributed by atoms with Crippen LogP contribution in [0.2, 0.25) is 0 Å². The summed E-state index contributed by atoms with van der Waals surface area (Å²) in [6, 6.07) is 13.1. The minimum atomic E-state index is 0.615. The number of carbonyl (C=O) groups is 1. The first-order valence-corrected chi connectivity index (χ1v) is 7.68. The highest BCUT2D eigenvalue weighted by Gasteiger charge is 2.04.